The molecule has 24 heavy (non-hydrogen) atoms. The second kappa shape index (κ2) is 6.70. The summed E-state index contributed by atoms with van der Waals surface area (Å²) in [7, 11) is -1.64. The summed E-state index contributed by atoms with van der Waals surface area (Å²) < 4.78 is 27.5. The summed E-state index contributed by atoms with van der Waals surface area (Å²) in [5, 5.41) is 9.25. The molecule has 0 radical (unpaired) electrons. The molecule has 2 aliphatic heterocycles. The molecular formula is C16H23N3O4S. The van der Waals surface area contributed by atoms with E-state index in [-0.39, 0.29) is 10.5 Å². The lowest BCUT2D eigenvalue weighted by molar-refractivity contribution is 0.0696. The predicted octanol–water partition coefficient (Wildman–Crippen LogP) is 0.921. The van der Waals surface area contributed by atoms with Crippen LogP contribution in [-0.2, 0) is 10.0 Å². The van der Waals surface area contributed by atoms with Gasteiger partial charge in [-0.25, -0.2) is 13.2 Å². The van der Waals surface area contributed by atoms with Crippen molar-refractivity contribution in [3.05, 3.63) is 23.8 Å². The van der Waals surface area contributed by atoms with E-state index in [2.05, 4.69) is 4.90 Å². The molecule has 132 valence electrons. The van der Waals surface area contributed by atoms with Crippen molar-refractivity contribution in [3.63, 3.8) is 0 Å². The number of nitrogens with zero attached hydrogens (tertiary/aromatic N) is 3. The number of anilines is 1. The van der Waals surface area contributed by atoms with Gasteiger partial charge in [-0.15, -0.1) is 0 Å². The van der Waals surface area contributed by atoms with Gasteiger partial charge in [-0.1, -0.05) is 0 Å². The SMILES string of the molecule is CN1CCN(c2ccc(C(=O)O)cc2S(=O)(=O)N2CCCC2)CC1. The summed E-state index contributed by atoms with van der Waals surface area (Å²) in [5.74, 6) is -1.11. The third kappa shape index (κ3) is 3.26. The van der Waals surface area contributed by atoms with Crippen LogP contribution in [0.4, 0.5) is 5.69 Å². The van der Waals surface area contributed by atoms with Gasteiger partial charge < -0.3 is 14.9 Å². The van der Waals surface area contributed by atoms with Crippen LogP contribution in [0.5, 0.6) is 0 Å². The van der Waals surface area contributed by atoms with Gasteiger partial charge in [0.2, 0.25) is 10.0 Å². The van der Waals surface area contributed by atoms with Crippen LogP contribution in [0.15, 0.2) is 23.1 Å². The van der Waals surface area contributed by atoms with E-state index < -0.39 is 16.0 Å². The number of rotatable bonds is 4. The Kier molecular flexibility index (Phi) is 4.80. The van der Waals surface area contributed by atoms with Gasteiger partial charge in [-0.3, -0.25) is 0 Å². The summed E-state index contributed by atoms with van der Waals surface area (Å²) in [6.45, 7) is 4.16. The van der Waals surface area contributed by atoms with Crippen molar-refractivity contribution in [1.29, 1.82) is 0 Å². The number of likely N-dealkylation sites (N-methyl/N-ethyl adjacent to an activating group) is 1. The van der Waals surface area contributed by atoms with Crippen LogP contribution in [-0.4, -0.2) is 75.0 Å². The number of benzene rings is 1. The molecule has 0 amide bonds. The Morgan fingerprint density at radius 3 is 2.25 bits per heavy atom. The first-order valence-corrected chi connectivity index (χ1v) is 9.64. The number of hydrogen-bond acceptors (Lipinski definition) is 5. The highest BCUT2D eigenvalue weighted by molar-refractivity contribution is 7.89. The Hall–Kier alpha value is -1.64. The molecule has 1 aromatic rings. The molecule has 0 saturated carbocycles. The van der Waals surface area contributed by atoms with E-state index in [9.17, 15) is 18.3 Å². The van der Waals surface area contributed by atoms with E-state index in [0.717, 1.165) is 39.0 Å². The molecule has 1 aromatic carbocycles. The van der Waals surface area contributed by atoms with E-state index in [0.29, 0.717) is 18.8 Å². The number of piperazine rings is 1. The predicted molar refractivity (Wildman–Crippen MR) is 91.1 cm³/mol. The number of hydrogen-bond donors (Lipinski definition) is 1. The minimum absolute atomic E-state index is 0.00523. The number of carboxylic acid groups (broad SMARTS) is 1. The average Bonchev–Trinajstić information content (AvgIpc) is 3.10. The zero-order valence-electron chi connectivity index (χ0n) is 13.8. The van der Waals surface area contributed by atoms with Gasteiger partial charge in [0.15, 0.2) is 0 Å². The highest BCUT2D eigenvalue weighted by Crippen LogP contribution is 2.31. The molecule has 2 fully saturated rings. The van der Waals surface area contributed by atoms with Crippen molar-refractivity contribution >= 4 is 21.7 Å². The van der Waals surface area contributed by atoms with Crippen LogP contribution in [0.25, 0.3) is 0 Å². The molecule has 2 heterocycles. The summed E-state index contributed by atoms with van der Waals surface area (Å²) in [6, 6.07) is 4.43. The zero-order valence-corrected chi connectivity index (χ0v) is 14.6. The maximum atomic E-state index is 13.0. The third-order valence-corrected chi connectivity index (χ3v) is 6.66. The quantitative estimate of drug-likeness (QED) is 0.867. The minimum Gasteiger partial charge on any atom is -0.478 e. The molecule has 2 saturated heterocycles. The lowest BCUT2D eigenvalue weighted by atomic mass is 10.2. The molecule has 0 bridgehead atoms. The summed E-state index contributed by atoms with van der Waals surface area (Å²) >= 11 is 0. The first-order chi connectivity index (χ1) is 11.4. The van der Waals surface area contributed by atoms with Gasteiger partial charge in [-0.2, -0.15) is 4.31 Å². The van der Waals surface area contributed by atoms with E-state index >= 15 is 0 Å². The Morgan fingerprint density at radius 1 is 1.04 bits per heavy atom. The summed E-state index contributed by atoms with van der Waals surface area (Å²) in [6.07, 6.45) is 1.70. The zero-order chi connectivity index (χ0) is 17.3. The average molecular weight is 353 g/mol. The number of carbonyl (C=O) groups is 1. The van der Waals surface area contributed by atoms with Gasteiger partial charge in [0.1, 0.15) is 4.90 Å². The molecule has 0 aromatic heterocycles. The van der Waals surface area contributed by atoms with E-state index in [1.165, 1.54) is 16.4 Å². The molecule has 2 aliphatic rings. The normalized spacial score (nSPS) is 20.5. The molecule has 0 unspecified atom stereocenters. The van der Waals surface area contributed by atoms with Crippen LogP contribution in [0.1, 0.15) is 23.2 Å². The van der Waals surface area contributed by atoms with Gasteiger partial charge in [0.25, 0.3) is 0 Å². The van der Waals surface area contributed by atoms with Crippen molar-refractivity contribution in [2.75, 3.05) is 51.2 Å². The second-order valence-electron chi connectivity index (χ2n) is 6.39. The Morgan fingerprint density at radius 2 is 1.67 bits per heavy atom. The largest absolute Gasteiger partial charge is 0.478 e. The fraction of sp³-hybridized carbons (Fsp3) is 0.562. The smallest absolute Gasteiger partial charge is 0.335 e. The van der Waals surface area contributed by atoms with Gasteiger partial charge in [0.05, 0.1) is 11.3 Å². The minimum atomic E-state index is -3.67. The first-order valence-electron chi connectivity index (χ1n) is 8.20. The Balaban J connectivity index is 2.03. The lowest BCUT2D eigenvalue weighted by Crippen LogP contribution is -2.45. The van der Waals surface area contributed by atoms with Crippen molar-refractivity contribution in [1.82, 2.24) is 9.21 Å². The Labute approximate surface area is 142 Å². The molecule has 0 aliphatic carbocycles. The van der Waals surface area contributed by atoms with E-state index in [1.54, 1.807) is 6.07 Å². The standard InChI is InChI=1S/C16H23N3O4S/c1-17-8-10-18(11-9-17)14-5-4-13(16(20)21)12-15(14)24(22,23)19-6-2-3-7-19/h4-5,12H,2-3,6-11H2,1H3,(H,20,21). The van der Waals surface area contributed by atoms with Crippen molar-refractivity contribution in [2.24, 2.45) is 0 Å². The molecule has 7 nitrogen and oxygen atoms in total. The maximum absolute atomic E-state index is 13.0. The fourth-order valence-corrected chi connectivity index (χ4v) is 4.98. The lowest BCUT2D eigenvalue weighted by Gasteiger charge is -2.35. The molecule has 3 rings (SSSR count). The summed E-state index contributed by atoms with van der Waals surface area (Å²) in [5.41, 5.74) is 0.616. The van der Waals surface area contributed by atoms with E-state index in [4.69, 9.17) is 0 Å². The fourth-order valence-electron chi connectivity index (χ4n) is 3.23. The Bertz CT molecular complexity index is 721. The highest BCUT2D eigenvalue weighted by Gasteiger charge is 2.32. The van der Waals surface area contributed by atoms with Crippen LogP contribution in [0.3, 0.4) is 0 Å². The summed E-state index contributed by atoms with van der Waals surface area (Å²) in [4.78, 5) is 15.7. The number of carboxylic acids is 1. The highest BCUT2D eigenvalue weighted by atomic mass is 32.2. The molecule has 0 spiro atoms. The van der Waals surface area contributed by atoms with Crippen molar-refractivity contribution in [3.8, 4) is 0 Å². The van der Waals surface area contributed by atoms with Crippen LogP contribution >= 0.6 is 0 Å². The maximum Gasteiger partial charge on any atom is 0.335 e. The molecule has 0 atom stereocenters. The van der Waals surface area contributed by atoms with Gasteiger partial charge >= 0.3 is 5.97 Å². The van der Waals surface area contributed by atoms with Gasteiger partial charge in [-0.05, 0) is 38.1 Å². The van der Waals surface area contributed by atoms with Crippen LogP contribution < -0.4 is 4.90 Å². The second-order valence-corrected chi connectivity index (χ2v) is 8.30. The monoisotopic (exact) mass is 353 g/mol. The van der Waals surface area contributed by atoms with E-state index in [1.807, 2.05) is 11.9 Å². The third-order valence-electron chi connectivity index (χ3n) is 4.73. The number of aromatic carboxylic acids is 1. The van der Waals surface area contributed by atoms with Crippen molar-refractivity contribution < 1.29 is 18.3 Å². The van der Waals surface area contributed by atoms with Gasteiger partial charge in [0, 0.05) is 39.3 Å². The topological polar surface area (TPSA) is 81.2 Å². The van der Waals surface area contributed by atoms with Crippen LogP contribution in [0.2, 0.25) is 0 Å². The first kappa shape index (κ1) is 17.2. The van der Waals surface area contributed by atoms with Crippen molar-refractivity contribution in [2.45, 2.75) is 17.7 Å². The number of sulfonamides is 1. The molecular weight excluding hydrogens is 330 g/mol. The molecule has 8 heteroatoms. The van der Waals surface area contributed by atoms with Crippen LogP contribution in [0, 0.1) is 0 Å². The molecule has 1 N–H and O–H groups in total.